The molecule has 12 heteroatoms. The van der Waals surface area contributed by atoms with Crippen molar-refractivity contribution in [2.75, 3.05) is 5.32 Å². The number of carbonyl (C=O) groups excluding carboxylic acids is 3. The van der Waals surface area contributed by atoms with Crippen LogP contribution in [0.5, 0.6) is 11.5 Å². The second-order valence-electron chi connectivity index (χ2n) is 13.5. The monoisotopic (exact) mass is 717 g/mol. The molecule has 1 aliphatic heterocycles. The molecule has 6 rings (SSSR count). The van der Waals surface area contributed by atoms with Gasteiger partial charge in [-0.25, -0.2) is 0 Å². The molecule has 3 aromatic rings. The average Bonchev–Trinajstić information content (AvgIpc) is 3.22. The van der Waals surface area contributed by atoms with E-state index in [1.807, 2.05) is 50.3 Å². The van der Waals surface area contributed by atoms with Crippen molar-refractivity contribution in [2.45, 2.75) is 71.6 Å². The lowest BCUT2D eigenvalue weighted by Gasteiger charge is -2.37. The molecule has 2 amide bonds. The number of hydrogen-bond acceptors (Lipinski definition) is 7. The highest BCUT2D eigenvalue weighted by molar-refractivity contribution is 6.31. The highest BCUT2D eigenvalue weighted by atomic mass is 35.5. The maximum absolute atomic E-state index is 14.5. The summed E-state index contributed by atoms with van der Waals surface area (Å²) in [6.07, 6.45) is 2.63. The second-order valence-corrected chi connectivity index (χ2v) is 13.9. The number of ketones is 1. The van der Waals surface area contributed by atoms with Crippen LogP contribution in [0.3, 0.4) is 0 Å². The summed E-state index contributed by atoms with van der Waals surface area (Å²) in [7, 11) is 0. The molecule has 0 bridgehead atoms. The van der Waals surface area contributed by atoms with Crippen LogP contribution in [0.25, 0.3) is 0 Å². The van der Waals surface area contributed by atoms with Crippen molar-refractivity contribution in [2.24, 2.45) is 5.41 Å². The zero-order chi connectivity index (χ0) is 36.3. The molecule has 3 aliphatic rings. The van der Waals surface area contributed by atoms with Gasteiger partial charge in [-0.15, -0.1) is 0 Å². The van der Waals surface area contributed by atoms with E-state index in [1.54, 1.807) is 24.3 Å². The van der Waals surface area contributed by atoms with Crippen LogP contribution < -0.4 is 20.1 Å². The zero-order valence-electron chi connectivity index (χ0n) is 28.2. The average molecular weight is 718 g/mol. The fourth-order valence-electron chi connectivity index (χ4n) is 6.71. The van der Waals surface area contributed by atoms with Crippen LogP contribution in [-0.2, 0) is 21.0 Å². The number of para-hydroxylation sites is 2. The lowest BCUT2D eigenvalue weighted by Crippen LogP contribution is -2.39. The van der Waals surface area contributed by atoms with Gasteiger partial charge in [-0.1, -0.05) is 80.1 Å². The van der Waals surface area contributed by atoms with E-state index in [-0.39, 0.29) is 47.3 Å². The van der Waals surface area contributed by atoms with Gasteiger partial charge in [0.05, 0.1) is 17.4 Å². The first-order valence-corrected chi connectivity index (χ1v) is 17.1. The van der Waals surface area contributed by atoms with Crippen LogP contribution in [0.15, 0.2) is 107 Å². The zero-order valence-corrected chi connectivity index (χ0v) is 28.9. The van der Waals surface area contributed by atoms with Crippen molar-refractivity contribution in [1.82, 2.24) is 10.2 Å². The number of allylic oxidation sites excluding steroid dienone is 3. The van der Waals surface area contributed by atoms with Crippen molar-refractivity contribution >= 4 is 34.9 Å². The molecule has 1 atom stereocenters. The molecule has 0 spiro atoms. The number of alkyl halides is 2. The Hall–Kier alpha value is -5.16. The highest BCUT2D eigenvalue weighted by Crippen LogP contribution is 2.49. The molecule has 1 unspecified atom stereocenters. The van der Waals surface area contributed by atoms with Crippen molar-refractivity contribution in [3.05, 3.63) is 123 Å². The number of nitrogens with zero attached hydrogens (tertiary/aromatic N) is 1. The Balaban J connectivity index is 1.36. The van der Waals surface area contributed by atoms with Crippen LogP contribution in [0.2, 0.25) is 5.02 Å². The number of ether oxygens (including phenoxy) is 2. The van der Waals surface area contributed by atoms with Gasteiger partial charge in [0.15, 0.2) is 5.78 Å². The number of fused-ring (bicyclic) bond motifs is 1. The molecule has 9 nitrogen and oxygen atoms in total. The number of nitrogens with one attached hydrogen (secondary N) is 2. The van der Waals surface area contributed by atoms with Crippen molar-refractivity contribution < 1.29 is 37.7 Å². The maximum Gasteiger partial charge on any atom is 0.387 e. The third-order valence-corrected chi connectivity index (χ3v) is 9.30. The van der Waals surface area contributed by atoms with Crippen LogP contribution >= 0.6 is 11.6 Å². The Labute approximate surface area is 299 Å². The number of benzene rings is 3. The number of Topliss-reactive ketones (excluding diaryl/α,β-unsaturated/α-hetero) is 1. The highest BCUT2D eigenvalue weighted by Gasteiger charge is 2.45. The SMILES string of the molecule is CC1(C)CC(=O)C2=C(C1)NC1=C(O)CCC=C1N(C(=O)CCC(=O)Nc1ccccc1OC(F)F)C2c1ccc(OCc2ccccc2)cc1Cl. The number of aliphatic hydroxyl groups is 1. The Kier molecular flexibility index (Phi) is 10.5. The minimum Gasteiger partial charge on any atom is -0.510 e. The number of aliphatic hydroxyl groups excluding tert-OH is 1. The van der Waals surface area contributed by atoms with E-state index in [1.165, 1.54) is 23.1 Å². The normalized spacial score (nSPS) is 18.3. The van der Waals surface area contributed by atoms with Gasteiger partial charge in [-0.3, -0.25) is 19.3 Å². The van der Waals surface area contributed by atoms with Crippen LogP contribution in [0, 0.1) is 5.41 Å². The summed E-state index contributed by atoms with van der Waals surface area (Å²) in [6, 6.07) is 19.5. The number of hydrogen-bond donors (Lipinski definition) is 3. The molecule has 0 radical (unpaired) electrons. The quantitative estimate of drug-likeness (QED) is 0.193. The Morgan fingerprint density at radius 1 is 1.06 bits per heavy atom. The maximum atomic E-state index is 14.5. The van der Waals surface area contributed by atoms with E-state index in [9.17, 15) is 28.3 Å². The van der Waals surface area contributed by atoms with Gasteiger partial charge in [0.1, 0.15) is 29.6 Å². The molecule has 3 aromatic carbocycles. The fraction of sp³-hybridized carbons (Fsp3) is 0.308. The van der Waals surface area contributed by atoms with E-state index in [0.29, 0.717) is 59.8 Å². The molecule has 51 heavy (non-hydrogen) atoms. The summed E-state index contributed by atoms with van der Waals surface area (Å²) in [4.78, 5) is 43.1. The summed E-state index contributed by atoms with van der Waals surface area (Å²) >= 11 is 6.99. The minimum atomic E-state index is -3.09. The van der Waals surface area contributed by atoms with Crippen molar-refractivity contribution in [3.8, 4) is 11.5 Å². The summed E-state index contributed by atoms with van der Waals surface area (Å²) < 4.78 is 36.4. The van der Waals surface area contributed by atoms with Crippen LogP contribution in [-0.4, -0.2) is 34.2 Å². The van der Waals surface area contributed by atoms with Gasteiger partial charge in [-0.05, 0) is 53.6 Å². The number of carbonyl (C=O) groups is 3. The molecular weight excluding hydrogens is 680 g/mol. The summed E-state index contributed by atoms with van der Waals surface area (Å²) in [6.45, 7) is 1.18. The fourth-order valence-corrected chi connectivity index (χ4v) is 6.99. The molecule has 3 N–H and O–H groups in total. The summed E-state index contributed by atoms with van der Waals surface area (Å²) in [5.74, 6) is -0.984. The van der Waals surface area contributed by atoms with Gasteiger partial charge in [0.25, 0.3) is 0 Å². The lowest BCUT2D eigenvalue weighted by molar-refractivity contribution is -0.132. The predicted octanol–water partition coefficient (Wildman–Crippen LogP) is 8.50. The van der Waals surface area contributed by atoms with E-state index < -0.39 is 29.9 Å². The Bertz CT molecular complexity index is 1940. The van der Waals surface area contributed by atoms with Gasteiger partial charge in [-0.2, -0.15) is 8.78 Å². The van der Waals surface area contributed by atoms with Gasteiger partial charge in [0.2, 0.25) is 11.8 Å². The van der Waals surface area contributed by atoms with Crippen molar-refractivity contribution in [3.63, 3.8) is 0 Å². The molecule has 266 valence electrons. The van der Waals surface area contributed by atoms with Gasteiger partial charge in [0, 0.05) is 42.0 Å². The molecule has 0 saturated carbocycles. The molecule has 0 saturated heterocycles. The first-order chi connectivity index (χ1) is 24.4. The molecule has 0 aromatic heterocycles. The topological polar surface area (TPSA) is 117 Å². The van der Waals surface area contributed by atoms with Crippen molar-refractivity contribution in [1.29, 1.82) is 0 Å². The molecule has 0 fully saturated rings. The Morgan fingerprint density at radius 3 is 2.55 bits per heavy atom. The smallest absolute Gasteiger partial charge is 0.387 e. The lowest BCUT2D eigenvalue weighted by atomic mass is 9.73. The molecule has 1 heterocycles. The largest absolute Gasteiger partial charge is 0.510 e. The second kappa shape index (κ2) is 15.0. The molecular formula is C39H38ClF2N3O6. The number of amides is 2. The predicted molar refractivity (Wildman–Crippen MR) is 188 cm³/mol. The van der Waals surface area contributed by atoms with E-state index in [2.05, 4.69) is 15.4 Å². The minimum absolute atomic E-state index is 0.0313. The van der Waals surface area contributed by atoms with Gasteiger partial charge >= 0.3 is 6.61 Å². The standard InChI is InChI=1S/C39H38ClF2N3O6/c1-39(2)20-28-35(31(47)21-39)37(25-16-15-24(19-26(25)40)50-22-23-9-4-3-5-10-23)45(29-12-8-13-30(46)36(29)44-28)34(49)18-17-33(48)43-27-11-6-7-14-32(27)51-38(41)42/h3-7,9-12,14-16,19,37-38,44,46H,8,13,17-18,20-22H2,1-2H3,(H,43,48). The summed E-state index contributed by atoms with van der Waals surface area (Å²) in [5.41, 5.74) is 2.68. The third kappa shape index (κ3) is 8.09. The first-order valence-electron chi connectivity index (χ1n) is 16.7. The number of halogens is 3. The first kappa shape index (κ1) is 35.7. The van der Waals surface area contributed by atoms with Crippen LogP contribution in [0.1, 0.15) is 69.5 Å². The third-order valence-electron chi connectivity index (χ3n) is 8.98. The van der Waals surface area contributed by atoms with E-state index >= 15 is 0 Å². The Morgan fingerprint density at radius 2 is 1.80 bits per heavy atom. The summed E-state index contributed by atoms with van der Waals surface area (Å²) in [5, 5.41) is 17.3. The van der Waals surface area contributed by atoms with E-state index in [4.69, 9.17) is 16.3 Å². The van der Waals surface area contributed by atoms with Crippen LogP contribution in [0.4, 0.5) is 14.5 Å². The molecule has 2 aliphatic carbocycles. The van der Waals surface area contributed by atoms with E-state index in [0.717, 1.165) is 5.56 Å². The number of rotatable bonds is 10. The number of anilines is 1. The van der Waals surface area contributed by atoms with Gasteiger partial charge < -0.3 is 25.2 Å².